The molecule has 1 aliphatic heterocycles. The van der Waals surface area contributed by atoms with E-state index in [1.165, 1.54) is 13.2 Å². The predicted octanol–water partition coefficient (Wildman–Crippen LogP) is 5.92. The first-order valence-electron chi connectivity index (χ1n) is 11.3. The molecule has 1 saturated heterocycles. The van der Waals surface area contributed by atoms with Gasteiger partial charge in [-0.05, 0) is 70.0 Å². The maximum atomic E-state index is 13.3. The molecular weight excluding hydrogens is 576 g/mol. The van der Waals surface area contributed by atoms with Crippen molar-refractivity contribution < 1.29 is 28.6 Å². The third-order valence-electron chi connectivity index (χ3n) is 5.46. The van der Waals surface area contributed by atoms with E-state index in [4.69, 9.17) is 25.8 Å². The summed E-state index contributed by atoms with van der Waals surface area (Å²) in [6.07, 6.45) is 2.97. The fraction of sp³-hybridized carbons (Fsp3) is 0.107. The lowest BCUT2D eigenvalue weighted by atomic mass is 10.1. The molecule has 194 valence electrons. The molecule has 8 nitrogen and oxygen atoms in total. The Bertz CT molecular complexity index is 1440. The Balaban J connectivity index is 1.57. The summed E-state index contributed by atoms with van der Waals surface area (Å²) in [5, 5.41) is 2.80. The Kier molecular flexibility index (Phi) is 8.50. The molecule has 4 rings (SSSR count). The van der Waals surface area contributed by atoms with E-state index in [0.717, 1.165) is 10.5 Å². The largest absolute Gasteiger partial charge is 0.493 e. The molecule has 0 aromatic heterocycles. The van der Waals surface area contributed by atoms with E-state index in [2.05, 4.69) is 27.8 Å². The highest BCUT2D eigenvalue weighted by Gasteiger charge is 2.37. The molecular formula is C28H22BrClN2O6. The third kappa shape index (κ3) is 5.90. The molecule has 1 heterocycles. The van der Waals surface area contributed by atoms with Crippen molar-refractivity contribution in [3.05, 3.63) is 99.5 Å². The van der Waals surface area contributed by atoms with Crippen molar-refractivity contribution in [2.45, 2.75) is 6.61 Å². The number of rotatable bonds is 9. The van der Waals surface area contributed by atoms with Gasteiger partial charge < -0.3 is 14.2 Å². The van der Waals surface area contributed by atoms with Crippen molar-refractivity contribution >= 4 is 57.1 Å². The zero-order chi connectivity index (χ0) is 27.2. The summed E-state index contributed by atoms with van der Waals surface area (Å²) in [6, 6.07) is 16.1. The van der Waals surface area contributed by atoms with Gasteiger partial charge in [0, 0.05) is 10.6 Å². The van der Waals surface area contributed by atoms with E-state index >= 15 is 0 Å². The average Bonchev–Trinajstić information content (AvgIpc) is 2.90. The van der Waals surface area contributed by atoms with Crippen molar-refractivity contribution in [1.29, 1.82) is 0 Å². The van der Waals surface area contributed by atoms with Gasteiger partial charge in [0.2, 0.25) is 0 Å². The van der Waals surface area contributed by atoms with Crippen LogP contribution in [-0.2, 0) is 16.2 Å². The minimum atomic E-state index is -0.853. The van der Waals surface area contributed by atoms with Crippen LogP contribution in [0.2, 0.25) is 5.02 Å². The van der Waals surface area contributed by atoms with E-state index < -0.39 is 17.8 Å². The van der Waals surface area contributed by atoms with Crippen molar-refractivity contribution in [2.24, 2.45) is 0 Å². The van der Waals surface area contributed by atoms with Crippen LogP contribution in [0.4, 0.5) is 10.5 Å². The Morgan fingerprint density at radius 3 is 2.47 bits per heavy atom. The fourth-order valence-electron chi connectivity index (χ4n) is 3.63. The first-order chi connectivity index (χ1) is 18.3. The lowest BCUT2D eigenvalue weighted by molar-refractivity contribution is -0.122. The molecule has 1 fully saturated rings. The molecule has 0 bridgehead atoms. The molecule has 0 radical (unpaired) electrons. The minimum absolute atomic E-state index is 0.225. The molecule has 3 aromatic rings. The van der Waals surface area contributed by atoms with Gasteiger partial charge in [0.15, 0.2) is 11.5 Å². The van der Waals surface area contributed by atoms with Gasteiger partial charge in [-0.15, -0.1) is 0 Å². The lowest BCUT2D eigenvalue weighted by Gasteiger charge is -2.26. The van der Waals surface area contributed by atoms with Gasteiger partial charge in [-0.3, -0.25) is 14.9 Å². The second kappa shape index (κ2) is 12.0. The van der Waals surface area contributed by atoms with Crippen LogP contribution in [0.15, 0.2) is 83.4 Å². The van der Waals surface area contributed by atoms with Crippen LogP contribution in [0.1, 0.15) is 11.1 Å². The van der Waals surface area contributed by atoms with E-state index in [1.807, 2.05) is 18.2 Å². The first kappa shape index (κ1) is 27.0. The maximum Gasteiger partial charge on any atom is 0.335 e. The quantitative estimate of drug-likeness (QED) is 0.187. The van der Waals surface area contributed by atoms with Gasteiger partial charge in [-0.25, -0.2) is 9.69 Å². The minimum Gasteiger partial charge on any atom is -0.493 e. The Morgan fingerprint density at radius 2 is 1.79 bits per heavy atom. The van der Waals surface area contributed by atoms with Crippen LogP contribution in [-0.4, -0.2) is 31.6 Å². The van der Waals surface area contributed by atoms with Crippen molar-refractivity contribution in [3.8, 4) is 17.2 Å². The molecule has 1 N–H and O–H groups in total. The Morgan fingerprint density at radius 1 is 1.05 bits per heavy atom. The fourth-order valence-corrected chi connectivity index (χ4v) is 4.40. The van der Waals surface area contributed by atoms with Gasteiger partial charge in [0.1, 0.15) is 24.5 Å². The molecule has 38 heavy (non-hydrogen) atoms. The van der Waals surface area contributed by atoms with Gasteiger partial charge in [0.05, 0.1) is 17.3 Å². The lowest BCUT2D eigenvalue weighted by Crippen LogP contribution is -2.54. The Labute approximate surface area is 232 Å². The van der Waals surface area contributed by atoms with Crippen LogP contribution in [0.3, 0.4) is 0 Å². The molecule has 4 amide bonds. The van der Waals surface area contributed by atoms with Crippen LogP contribution in [0.5, 0.6) is 17.2 Å². The van der Waals surface area contributed by atoms with Crippen LogP contribution < -0.4 is 24.4 Å². The van der Waals surface area contributed by atoms with Crippen molar-refractivity contribution in [1.82, 2.24) is 5.32 Å². The highest BCUT2D eigenvalue weighted by Crippen LogP contribution is 2.37. The van der Waals surface area contributed by atoms with Crippen molar-refractivity contribution in [3.63, 3.8) is 0 Å². The van der Waals surface area contributed by atoms with Crippen LogP contribution in [0, 0.1) is 0 Å². The van der Waals surface area contributed by atoms with E-state index in [-0.39, 0.29) is 24.5 Å². The standard InChI is InChI=1S/C28H22BrClN2O6/c1-3-12-37-25-22(29)14-17(15-24(25)36-2)13-21-26(33)31-28(35)32(27(21)34)19-8-10-20(11-9-19)38-16-18-6-4-5-7-23(18)30/h3-11,13-15H,1,12,16H2,2H3,(H,31,33,35)/b21-13+. The predicted molar refractivity (Wildman–Crippen MR) is 148 cm³/mol. The number of nitrogens with zero attached hydrogens (tertiary/aromatic N) is 1. The third-order valence-corrected chi connectivity index (χ3v) is 6.41. The second-order valence-corrected chi connectivity index (χ2v) is 9.23. The first-order valence-corrected chi connectivity index (χ1v) is 12.5. The number of imide groups is 2. The van der Waals surface area contributed by atoms with Gasteiger partial charge in [-0.1, -0.05) is 42.5 Å². The molecule has 10 heteroatoms. The summed E-state index contributed by atoms with van der Waals surface area (Å²) < 4.78 is 17.3. The Hall–Kier alpha value is -4.08. The summed E-state index contributed by atoms with van der Waals surface area (Å²) in [5.74, 6) is -0.232. The number of nitrogens with one attached hydrogen (secondary N) is 1. The number of hydrogen-bond acceptors (Lipinski definition) is 6. The number of ether oxygens (including phenoxy) is 3. The number of amides is 4. The van der Waals surface area contributed by atoms with Gasteiger partial charge >= 0.3 is 6.03 Å². The number of methoxy groups -OCH3 is 1. The number of carbonyl (C=O) groups excluding carboxylic acids is 3. The van der Waals surface area contributed by atoms with E-state index in [1.54, 1.807) is 48.5 Å². The summed E-state index contributed by atoms with van der Waals surface area (Å²) >= 11 is 9.59. The monoisotopic (exact) mass is 596 g/mol. The number of carbonyl (C=O) groups is 3. The number of barbiturate groups is 1. The van der Waals surface area contributed by atoms with Crippen molar-refractivity contribution in [2.75, 3.05) is 18.6 Å². The summed E-state index contributed by atoms with van der Waals surface area (Å²) in [5.41, 5.74) is 1.34. The zero-order valence-corrected chi connectivity index (χ0v) is 22.5. The maximum absolute atomic E-state index is 13.3. The topological polar surface area (TPSA) is 94.2 Å². The average molecular weight is 598 g/mol. The van der Waals surface area contributed by atoms with Gasteiger partial charge in [0.25, 0.3) is 11.8 Å². The molecule has 0 aliphatic carbocycles. The SMILES string of the molecule is C=CCOc1c(Br)cc(/C=C2\C(=O)NC(=O)N(c3ccc(OCc4ccccc4Cl)cc3)C2=O)cc1OC. The van der Waals surface area contributed by atoms with E-state index in [9.17, 15) is 14.4 Å². The molecule has 1 aliphatic rings. The highest BCUT2D eigenvalue weighted by molar-refractivity contribution is 9.10. The smallest absolute Gasteiger partial charge is 0.335 e. The van der Waals surface area contributed by atoms with E-state index in [0.29, 0.717) is 32.3 Å². The highest BCUT2D eigenvalue weighted by atomic mass is 79.9. The number of urea groups is 1. The van der Waals surface area contributed by atoms with Crippen LogP contribution >= 0.6 is 27.5 Å². The number of halogens is 2. The molecule has 0 saturated carbocycles. The number of hydrogen-bond donors (Lipinski definition) is 1. The molecule has 0 spiro atoms. The molecule has 0 atom stereocenters. The summed E-state index contributed by atoms with van der Waals surface area (Å²) in [7, 11) is 1.47. The number of anilines is 1. The summed E-state index contributed by atoms with van der Waals surface area (Å²) in [6.45, 7) is 4.13. The molecule has 0 unspecified atom stereocenters. The summed E-state index contributed by atoms with van der Waals surface area (Å²) in [4.78, 5) is 39.4. The van der Waals surface area contributed by atoms with Crippen LogP contribution in [0.25, 0.3) is 6.08 Å². The molecule has 3 aromatic carbocycles. The normalized spacial score (nSPS) is 14.3. The number of benzene rings is 3. The second-order valence-electron chi connectivity index (χ2n) is 7.97. The van der Waals surface area contributed by atoms with Gasteiger partial charge in [-0.2, -0.15) is 0 Å². The zero-order valence-electron chi connectivity index (χ0n) is 20.2.